The molecule has 2 aromatic carbocycles. The third-order valence-corrected chi connectivity index (χ3v) is 5.55. The lowest BCUT2D eigenvalue weighted by Crippen LogP contribution is -2.20. The highest BCUT2D eigenvalue weighted by atomic mass is 32.1. The van der Waals surface area contributed by atoms with Crippen LogP contribution < -0.4 is 25.3 Å². The van der Waals surface area contributed by atoms with Crippen LogP contribution in [-0.2, 0) is 27.4 Å². The third-order valence-electron chi connectivity index (χ3n) is 4.65. The first kappa shape index (κ1) is 25.5. The summed E-state index contributed by atoms with van der Waals surface area (Å²) in [4.78, 5) is 40.3. The SMILES string of the molecule is COc1cc(C(=O)OCc2csc(CC(=O)Nc3ccc(C)cc3)n2)cc(OC)c1OCC(N)=O. The van der Waals surface area contributed by atoms with Crippen LogP contribution in [-0.4, -0.2) is 43.6 Å². The second-order valence-electron chi connectivity index (χ2n) is 7.36. The predicted octanol–water partition coefficient (Wildman–Crippen LogP) is 2.87. The zero-order valence-electron chi connectivity index (χ0n) is 19.5. The van der Waals surface area contributed by atoms with Crippen molar-refractivity contribution in [1.29, 1.82) is 0 Å². The number of nitrogens with one attached hydrogen (secondary N) is 1. The van der Waals surface area contributed by atoms with Crippen molar-refractivity contribution in [2.24, 2.45) is 5.73 Å². The Morgan fingerprint density at radius 3 is 2.31 bits per heavy atom. The Morgan fingerprint density at radius 2 is 1.71 bits per heavy atom. The fourth-order valence-corrected chi connectivity index (χ4v) is 3.76. The highest BCUT2D eigenvalue weighted by molar-refractivity contribution is 7.09. The average molecular weight is 500 g/mol. The number of amides is 2. The monoisotopic (exact) mass is 499 g/mol. The Bertz CT molecular complexity index is 1180. The summed E-state index contributed by atoms with van der Waals surface area (Å²) in [6.07, 6.45) is 0.105. The molecule has 11 heteroatoms. The molecule has 0 saturated carbocycles. The number of carbonyl (C=O) groups excluding carboxylic acids is 3. The Morgan fingerprint density at radius 1 is 1.06 bits per heavy atom. The van der Waals surface area contributed by atoms with E-state index < -0.39 is 11.9 Å². The molecule has 184 valence electrons. The topological polar surface area (TPSA) is 139 Å². The number of aromatic nitrogens is 1. The highest BCUT2D eigenvalue weighted by Gasteiger charge is 2.20. The van der Waals surface area contributed by atoms with Gasteiger partial charge in [0.05, 0.1) is 31.9 Å². The lowest BCUT2D eigenvalue weighted by Gasteiger charge is -2.15. The first-order chi connectivity index (χ1) is 16.8. The Hall–Kier alpha value is -4.12. The lowest BCUT2D eigenvalue weighted by molar-refractivity contribution is -0.120. The highest BCUT2D eigenvalue weighted by Crippen LogP contribution is 2.38. The summed E-state index contributed by atoms with van der Waals surface area (Å²) in [5.74, 6) is -1.02. The van der Waals surface area contributed by atoms with E-state index in [9.17, 15) is 14.4 Å². The van der Waals surface area contributed by atoms with Crippen molar-refractivity contribution in [3.63, 3.8) is 0 Å². The molecule has 0 fully saturated rings. The number of primary amides is 1. The fourth-order valence-electron chi connectivity index (χ4n) is 2.98. The molecule has 0 saturated heterocycles. The summed E-state index contributed by atoms with van der Waals surface area (Å²) in [5.41, 5.74) is 7.60. The number of thiazole rings is 1. The molecule has 0 spiro atoms. The molecule has 0 radical (unpaired) electrons. The van der Waals surface area contributed by atoms with Crippen LogP contribution in [0.3, 0.4) is 0 Å². The molecule has 0 bridgehead atoms. The van der Waals surface area contributed by atoms with Gasteiger partial charge in [-0.25, -0.2) is 9.78 Å². The van der Waals surface area contributed by atoms with Gasteiger partial charge in [-0.1, -0.05) is 17.7 Å². The van der Waals surface area contributed by atoms with E-state index in [-0.39, 0.29) is 48.4 Å². The first-order valence-corrected chi connectivity index (χ1v) is 11.3. The van der Waals surface area contributed by atoms with Crippen LogP contribution in [0.25, 0.3) is 0 Å². The van der Waals surface area contributed by atoms with Gasteiger partial charge in [0, 0.05) is 11.1 Å². The predicted molar refractivity (Wildman–Crippen MR) is 129 cm³/mol. The van der Waals surface area contributed by atoms with Crippen LogP contribution in [0.1, 0.15) is 26.6 Å². The van der Waals surface area contributed by atoms with Crippen LogP contribution in [0.5, 0.6) is 17.2 Å². The normalized spacial score (nSPS) is 10.4. The van der Waals surface area contributed by atoms with Gasteiger partial charge < -0.3 is 30.0 Å². The summed E-state index contributed by atoms with van der Waals surface area (Å²) in [7, 11) is 2.76. The molecule has 3 aromatic rings. The van der Waals surface area contributed by atoms with Gasteiger partial charge in [-0.05, 0) is 31.2 Å². The van der Waals surface area contributed by atoms with Crippen LogP contribution in [0.15, 0.2) is 41.8 Å². The standard InChI is InChI=1S/C24H25N3O7S/c1-14-4-6-16(7-5-14)26-21(29)10-22-27-17(13-35-22)11-34-24(30)15-8-18(31-2)23(19(9-15)32-3)33-12-20(25)28/h4-9,13H,10-12H2,1-3H3,(H2,25,28)(H,26,29). The Balaban J connectivity index is 1.60. The van der Waals surface area contributed by atoms with Gasteiger partial charge in [-0.2, -0.15) is 0 Å². The molecule has 0 aliphatic carbocycles. The number of nitrogens with zero attached hydrogens (tertiary/aromatic N) is 1. The summed E-state index contributed by atoms with van der Waals surface area (Å²) < 4.78 is 21.2. The van der Waals surface area contributed by atoms with Gasteiger partial charge in [-0.3, -0.25) is 9.59 Å². The number of hydrogen-bond donors (Lipinski definition) is 2. The third kappa shape index (κ3) is 7.18. The minimum Gasteiger partial charge on any atom is -0.493 e. The maximum absolute atomic E-state index is 12.6. The molecule has 0 aliphatic heterocycles. The van der Waals surface area contributed by atoms with Gasteiger partial charge in [0.2, 0.25) is 11.7 Å². The van der Waals surface area contributed by atoms with E-state index >= 15 is 0 Å². The number of anilines is 1. The smallest absolute Gasteiger partial charge is 0.338 e. The van der Waals surface area contributed by atoms with E-state index in [1.807, 2.05) is 31.2 Å². The van der Waals surface area contributed by atoms with E-state index in [1.54, 1.807) is 5.38 Å². The molecule has 1 aromatic heterocycles. The van der Waals surface area contributed by atoms with E-state index in [0.717, 1.165) is 5.56 Å². The molecule has 3 rings (SSSR count). The number of methoxy groups -OCH3 is 2. The molecule has 2 amide bonds. The zero-order chi connectivity index (χ0) is 25.4. The maximum atomic E-state index is 12.6. The van der Waals surface area contributed by atoms with E-state index in [4.69, 9.17) is 24.7 Å². The molecular weight excluding hydrogens is 474 g/mol. The second kappa shape index (κ2) is 11.8. The summed E-state index contributed by atoms with van der Waals surface area (Å²) in [6.45, 7) is 1.50. The van der Waals surface area contributed by atoms with Crippen molar-refractivity contribution in [2.75, 3.05) is 26.1 Å². The number of nitrogens with two attached hydrogens (primary N) is 1. The van der Waals surface area contributed by atoms with Crippen molar-refractivity contribution in [2.45, 2.75) is 20.0 Å². The Kier molecular flexibility index (Phi) is 8.63. The molecule has 0 unspecified atom stereocenters. The van der Waals surface area contributed by atoms with Crippen LogP contribution in [0.4, 0.5) is 5.69 Å². The van der Waals surface area contributed by atoms with E-state index in [2.05, 4.69) is 10.3 Å². The second-order valence-corrected chi connectivity index (χ2v) is 8.31. The Labute approximate surface area is 206 Å². The number of benzene rings is 2. The molecule has 0 aliphatic rings. The zero-order valence-corrected chi connectivity index (χ0v) is 20.3. The van der Waals surface area contributed by atoms with Crippen LogP contribution in [0.2, 0.25) is 0 Å². The fraction of sp³-hybridized carbons (Fsp3) is 0.250. The summed E-state index contributed by atoms with van der Waals surface area (Å²) in [5, 5.41) is 5.15. The maximum Gasteiger partial charge on any atom is 0.338 e. The number of hydrogen-bond acceptors (Lipinski definition) is 9. The number of carbonyl (C=O) groups is 3. The van der Waals surface area contributed by atoms with Crippen LogP contribution in [0, 0.1) is 6.92 Å². The van der Waals surface area contributed by atoms with Gasteiger partial charge in [0.1, 0.15) is 11.6 Å². The number of esters is 1. The number of ether oxygens (including phenoxy) is 4. The molecule has 1 heterocycles. The van der Waals surface area contributed by atoms with Gasteiger partial charge >= 0.3 is 5.97 Å². The van der Waals surface area contributed by atoms with Gasteiger partial charge in [0.25, 0.3) is 5.91 Å². The van der Waals surface area contributed by atoms with Crippen LogP contribution >= 0.6 is 11.3 Å². The van der Waals surface area contributed by atoms with Crippen molar-refractivity contribution in [1.82, 2.24) is 4.98 Å². The largest absolute Gasteiger partial charge is 0.493 e. The number of rotatable bonds is 11. The summed E-state index contributed by atoms with van der Waals surface area (Å²) in [6, 6.07) is 10.3. The van der Waals surface area contributed by atoms with Crippen molar-refractivity contribution in [3.8, 4) is 17.2 Å². The molecule has 3 N–H and O–H groups in total. The van der Waals surface area contributed by atoms with Gasteiger partial charge in [-0.15, -0.1) is 11.3 Å². The van der Waals surface area contributed by atoms with Crippen molar-refractivity contribution in [3.05, 3.63) is 63.6 Å². The van der Waals surface area contributed by atoms with Gasteiger partial charge in [0.15, 0.2) is 18.1 Å². The minimum atomic E-state index is -0.673. The summed E-state index contributed by atoms with van der Waals surface area (Å²) >= 11 is 1.30. The molecule has 10 nitrogen and oxygen atoms in total. The van der Waals surface area contributed by atoms with Crippen molar-refractivity contribution >= 4 is 34.8 Å². The quantitative estimate of drug-likeness (QED) is 0.384. The molecular formula is C24H25N3O7S. The van der Waals surface area contributed by atoms with E-state index in [1.165, 1.54) is 37.7 Å². The van der Waals surface area contributed by atoms with E-state index in [0.29, 0.717) is 16.4 Å². The van der Waals surface area contributed by atoms with Crippen molar-refractivity contribution < 1.29 is 33.3 Å². The minimum absolute atomic E-state index is 0.0839. The number of aryl methyl sites for hydroxylation is 1. The molecule has 35 heavy (non-hydrogen) atoms. The average Bonchev–Trinajstić information content (AvgIpc) is 3.28. The first-order valence-electron chi connectivity index (χ1n) is 10.4. The lowest BCUT2D eigenvalue weighted by atomic mass is 10.2. The molecule has 0 atom stereocenters.